The molecular formula is C15H21BrClNO. The molecule has 0 aliphatic carbocycles. The van der Waals surface area contributed by atoms with Crippen LogP contribution >= 0.6 is 27.5 Å². The molecule has 0 N–H and O–H groups in total. The highest BCUT2D eigenvalue weighted by Gasteiger charge is 2.33. The van der Waals surface area contributed by atoms with Crippen molar-refractivity contribution in [3.05, 3.63) is 34.9 Å². The second kappa shape index (κ2) is 6.76. The summed E-state index contributed by atoms with van der Waals surface area (Å²) >= 11 is 9.19. The van der Waals surface area contributed by atoms with Crippen LogP contribution in [0.25, 0.3) is 0 Å². The van der Waals surface area contributed by atoms with Crippen molar-refractivity contribution in [1.29, 1.82) is 0 Å². The molecule has 1 aromatic carbocycles. The van der Waals surface area contributed by atoms with E-state index in [1.54, 1.807) is 0 Å². The average molecular weight is 347 g/mol. The monoisotopic (exact) mass is 345 g/mol. The summed E-state index contributed by atoms with van der Waals surface area (Å²) < 4.78 is 0. The molecular weight excluding hydrogens is 326 g/mol. The Morgan fingerprint density at radius 3 is 2.32 bits per heavy atom. The minimum absolute atomic E-state index is 0.0252. The number of hydrogen-bond donors (Lipinski definition) is 0. The zero-order valence-electron chi connectivity index (χ0n) is 11.9. The maximum Gasteiger partial charge on any atom is 0.234 e. The molecule has 2 nitrogen and oxygen atoms in total. The highest BCUT2D eigenvalue weighted by atomic mass is 79.9. The molecule has 0 aliphatic rings. The van der Waals surface area contributed by atoms with Gasteiger partial charge in [0.05, 0.1) is 11.4 Å². The molecule has 106 valence electrons. The van der Waals surface area contributed by atoms with Gasteiger partial charge in [-0.25, -0.2) is 0 Å². The summed E-state index contributed by atoms with van der Waals surface area (Å²) in [6.45, 7) is 8.35. The summed E-state index contributed by atoms with van der Waals surface area (Å²) in [5.41, 5.74) is 0.921. The summed E-state index contributed by atoms with van der Waals surface area (Å²) in [6.07, 6.45) is 0.906. The van der Waals surface area contributed by atoms with Gasteiger partial charge in [-0.2, -0.15) is 0 Å². The van der Waals surface area contributed by atoms with Gasteiger partial charge in [0.1, 0.15) is 0 Å². The predicted octanol–water partition coefficient (Wildman–Crippen LogP) is 4.81. The summed E-state index contributed by atoms with van der Waals surface area (Å²) in [5, 5.41) is 1.05. The van der Waals surface area contributed by atoms with Crippen LogP contribution in [0.1, 0.15) is 45.7 Å². The lowest BCUT2D eigenvalue weighted by atomic mass is 9.94. The fourth-order valence-corrected chi connectivity index (χ4v) is 2.60. The van der Waals surface area contributed by atoms with E-state index in [2.05, 4.69) is 43.6 Å². The van der Waals surface area contributed by atoms with Gasteiger partial charge in [0.25, 0.3) is 0 Å². The summed E-state index contributed by atoms with van der Waals surface area (Å²) in [5.74, 6) is 0.106. The van der Waals surface area contributed by atoms with Crippen LogP contribution in [0.5, 0.6) is 0 Å². The number of benzene rings is 1. The molecule has 1 rings (SSSR count). The molecule has 19 heavy (non-hydrogen) atoms. The fraction of sp³-hybridized carbons (Fsp3) is 0.533. The first-order valence-electron chi connectivity index (χ1n) is 6.47. The molecule has 0 fully saturated rings. The summed E-state index contributed by atoms with van der Waals surface area (Å²) in [7, 11) is 0. The van der Waals surface area contributed by atoms with Gasteiger partial charge in [-0.3, -0.25) is 4.79 Å². The lowest BCUT2D eigenvalue weighted by molar-refractivity contribution is -0.136. The smallest absolute Gasteiger partial charge is 0.234 e. The lowest BCUT2D eigenvalue weighted by Crippen LogP contribution is -2.49. The third-order valence-electron chi connectivity index (χ3n) is 3.64. The summed E-state index contributed by atoms with van der Waals surface area (Å²) in [6, 6.07) is 7.71. The zero-order chi connectivity index (χ0) is 14.6. The number of alkyl halides is 1. The van der Waals surface area contributed by atoms with Gasteiger partial charge in [-0.1, -0.05) is 46.6 Å². The first kappa shape index (κ1) is 16.5. The largest absolute Gasteiger partial charge is 0.330 e. The zero-order valence-corrected chi connectivity index (χ0v) is 14.3. The molecule has 1 aromatic rings. The van der Waals surface area contributed by atoms with Crippen LogP contribution in [-0.2, 0) is 4.79 Å². The number of halogens is 2. The van der Waals surface area contributed by atoms with Crippen LogP contribution in [0.4, 0.5) is 0 Å². The Kier molecular flexibility index (Phi) is 5.87. The lowest BCUT2D eigenvalue weighted by Gasteiger charge is -2.42. The van der Waals surface area contributed by atoms with Crippen molar-refractivity contribution in [2.24, 2.45) is 0 Å². The van der Waals surface area contributed by atoms with Gasteiger partial charge in [0.2, 0.25) is 5.91 Å². The van der Waals surface area contributed by atoms with E-state index in [0.29, 0.717) is 10.4 Å². The number of hydrogen-bond acceptors (Lipinski definition) is 1. The van der Waals surface area contributed by atoms with E-state index in [0.717, 1.165) is 12.0 Å². The number of amides is 1. The van der Waals surface area contributed by atoms with E-state index in [1.165, 1.54) is 0 Å². The SMILES string of the molecule is CCC(C)(C)N(C(=O)CBr)C(C)c1ccc(Cl)cc1. The molecule has 1 amide bonds. The van der Waals surface area contributed by atoms with Crippen LogP contribution in [0.3, 0.4) is 0 Å². The Morgan fingerprint density at radius 2 is 1.89 bits per heavy atom. The Hall–Kier alpha value is -0.540. The van der Waals surface area contributed by atoms with E-state index in [9.17, 15) is 4.79 Å². The van der Waals surface area contributed by atoms with E-state index in [1.807, 2.05) is 29.2 Å². The molecule has 4 heteroatoms. The molecule has 0 aliphatic heterocycles. The van der Waals surface area contributed by atoms with E-state index >= 15 is 0 Å². The first-order chi connectivity index (χ1) is 8.83. The van der Waals surface area contributed by atoms with Crippen LogP contribution in [0.15, 0.2) is 24.3 Å². The minimum atomic E-state index is -0.177. The van der Waals surface area contributed by atoms with Crippen LogP contribution in [0, 0.1) is 0 Å². The number of rotatable bonds is 5. The average Bonchev–Trinajstić information content (AvgIpc) is 2.39. The van der Waals surface area contributed by atoms with Gasteiger partial charge in [-0.15, -0.1) is 0 Å². The normalized spacial score (nSPS) is 13.2. The predicted molar refractivity (Wildman–Crippen MR) is 84.9 cm³/mol. The fourth-order valence-electron chi connectivity index (χ4n) is 2.20. The van der Waals surface area contributed by atoms with Crippen LogP contribution in [-0.4, -0.2) is 21.7 Å². The molecule has 0 radical (unpaired) electrons. The minimum Gasteiger partial charge on any atom is -0.330 e. The molecule has 0 spiro atoms. The first-order valence-corrected chi connectivity index (χ1v) is 7.97. The van der Waals surface area contributed by atoms with Crippen molar-refractivity contribution in [3.8, 4) is 0 Å². The third-order valence-corrected chi connectivity index (χ3v) is 4.37. The molecule has 0 saturated heterocycles. The number of carbonyl (C=O) groups excluding carboxylic acids is 1. The second-order valence-corrected chi connectivity index (χ2v) is 6.29. The van der Waals surface area contributed by atoms with Gasteiger partial charge >= 0.3 is 0 Å². The van der Waals surface area contributed by atoms with Crippen molar-refractivity contribution in [2.45, 2.75) is 45.7 Å². The van der Waals surface area contributed by atoms with E-state index in [-0.39, 0.29) is 17.5 Å². The van der Waals surface area contributed by atoms with Crippen molar-refractivity contribution >= 4 is 33.4 Å². The topological polar surface area (TPSA) is 20.3 Å². The second-order valence-electron chi connectivity index (χ2n) is 5.29. The van der Waals surface area contributed by atoms with Crippen LogP contribution < -0.4 is 0 Å². The van der Waals surface area contributed by atoms with Crippen LogP contribution in [0.2, 0.25) is 5.02 Å². The summed E-state index contributed by atoms with van der Waals surface area (Å²) in [4.78, 5) is 14.2. The Labute approximate surface area is 129 Å². The van der Waals surface area contributed by atoms with Crippen molar-refractivity contribution in [3.63, 3.8) is 0 Å². The van der Waals surface area contributed by atoms with Crippen molar-refractivity contribution in [2.75, 3.05) is 5.33 Å². The Bertz CT molecular complexity index is 430. The Balaban J connectivity index is 3.11. The Morgan fingerprint density at radius 1 is 1.37 bits per heavy atom. The van der Waals surface area contributed by atoms with Gasteiger partial charge < -0.3 is 4.90 Å². The molecule has 0 bridgehead atoms. The van der Waals surface area contributed by atoms with E-state index < -0.39 is 0 Å². The maximum absolute atomic E-state index is 12.3. The molecule has 0 aromatic heterocycles. The molecule has 1 unspecified atom stereocenters. The maximum atomic E-state index is 12.3. The van der Waals surface area contributed by atoms with Crippen molar-refractivity contribution in [1.82, 2.24) is 4.90 Å². The van der Waals surface area contributed by atoms with Gasteiger partial charge in [-0.05, 0) is 44.9 Å². The quantitative estimate of drug-likeness (QED) is 0.700. The number of nitrogens with zero attached hydrogens (tertiary/aromatic N) is 1. The van der Waals surface area contributed by atoms with E-state index in [4.69, 9.17) is 11.6 Å². The van der Waals surface area contributed by atoms with Crippen molar-refractivity contribution < 1.29 is 4.79 Å². The highest BCUT2D eigenvalue weighted by Crippen LogP contribution is 2.31. The van der Waals surface area contributed by atoms with Gasteiger partial charge in [0.15, 0.2) is 0 Å². The molecule has 0 heterocycles. The molecule has 1 atom stereocenters. The standard InChI is InChI=1S/C15H21BrClNO/c1-5-15(3,4)18(14(19)10-16)11(2)12-6-8-13(17)9-7-12/h6-9,11H,5,10H2,1-4H3. The molecule has 0 saturated carbocycles. The third kappa shape index (κ3) is 3.96. The highest BCUT2D eigenvalue weighted by molar-refractivity contribution is 9.09. The van der Waals surface area contributed by atoms with Gasteiger partial charge in [0, 0.05) is 10.6 Å². The number of carbonyl (C=O) groups is 1.